The largest absolute Gasteiger partial charge is 0.573 e. The summed E-state index contributed by atoms with van der Waals surface area (Å²) in [6.07, 6.45) is -1.24. The van der Waals surface area contributed by atoms with Crippen LogP contribution in [-0.2, 0) is 11.2 Å². The molecule has 1 atom stereocenters. The highest BCUT2D eigenvalue weighted by atomic mass is 32.1. The fourth-order valence-electron chi connectivity index (χ4n) is 2.51. The van der Waals surface area contributed by atoms with E-state index in [0.717, 1.165) is 10.6 Å². The highest BCUT2D eigenvalue weighted by Crippen LogP contribution is 2.25. The molecule has 0 aliphatic carbocycles. The van der Waals surface area contributed by atoms with Gasteiger partial charge in [0.25, 0.3) is 0 Å². The zero-order chi connectivity index (χ0) is 20.1. The van der Waals surface area contributed by atoms with Gasteiger partial charge in [-0.2, -0.15) is 0 Å². The van der Waals surface area contributed by atoms with Crippen molar-refractivity contribution in [2.75, 3.05) is 0 Å². The van der Waals surface area contributed by atoms with Crippen LogP contribution in [0.4, 0.5) is 13.2 Å². The van der Waals surface area contributed by atoms with E-state index < -0.39 is 6.36 Å². The summed E-state index contributed by atoms with van der Waals surface area (Å²) in [4.78, 5) is 20.8. The molecule has 2 heterocycles. The van der Waals surface area contributed by atoms with Crippen molar-refractivity contribution in [3.63, 3.8) is 0 Å². The van der Waals surface area contributed by atoms with Crippen molar-refractivity contribution in [3.8, 4) is 16.3 Å². The topological polar surface area (TPSA) is 64.1 Å². The van der Waals surface area contributed by atoms with E-state index in [1.165, 1.54) is 35.6 Å². The Bertz CT molecular complexity index is 928. The van der Waals surface area contributed by atoms with Gasteiger partial charge in [0.15, 0.2) is 0 Å². The summed E-state index contributed by atoms with van der Waals surface area (Å²) in [5.74, 6) is -0.536. The van der Waals surface area contributed by atoms with Crippen LogP contribution in [-0.4, -0.2) is 22.2 Å². The van der Waals surface area contributed by atoms with Gasteiger partial charge < -0.3 is 10.1 Å². The number of aromatic nitrogens is 2. The molecule has 0 saturated carbocycles. The van der Waals surface area contributed by atoms with Crippen molar-refractivity contribution in [1.82, 2.24) is 15.3 Å². The number of ether oxygens (including phenoxy) is 1. The first-order valence-electron chi connectivity index (χ1n) is 8.30. The third-order valence-corrected chi connectivity index (χ3v) is 4.73. The van der Waals surface area contributed by atoms with E-state index in [1.807, 2.05) is 17.5 Å². The minimum absolute atomic E-state index is 0.108. The molecule has 0 radical (unpaired) electrons. The van der Waals surface area contributed by atoms with Crippen LogP contribution in [0.25, 0.3) is 10.6 Å². The molecule has 1 N–H and O–H groups in total. The van der Waals surface area contributed by atoms with Gasteiger partial charge in [-0.25, -0.2) is 4.98 Å². The number of carbonyl (C=O) groups is 1. The van der Waals surface area contributed by atoms with Crippen molar-refractivity contribution >= 4 is 17.2 Å². The number of hydrogen-bond acceptors (Lipinski definition) is 5. The number of thiazole rings is 1. The average Bonchev–Trinajstić information content (AvgIpc) is 3.10. The fraction of sp³-hybridized carbons (Fsp3) is 0.211. The summed E-state index contributed by atoms with van der Waals surface area (Å²) in [6, 6.07) is 8.73. The molecule has 0 fully saturated rings. The Morgan fingerprint density at radius 1 is 1.25 bits per heavy atom. The lowest BCUT2D eigenvalue weighted by molar-refractivity contribution is -0.274. The molecule has 0 aliphatic rings. The van der Waals surface area contributed by atoms with Gasteiger partial charge in [0.1, 0.15) is 10.8 Å². The van der Waals surface area contributed by atoms with E-state index in [-0.39, 0.29) is 24.1 Å². The highest BCUT2D eigenvalue weighted by molar-refractivity contribution is 7.13. The summed E-state index contributed by atoms with van der Waals surface area (Å²) < 4.78 is 40.4. The zero-order valence-electron chi connectivity index (χ0n) is 14.7. The summed E-state index contributed by atoms with van der Waals surface area (Å²) in [5.41, 5.74) is 2.19. The van der Waals surface area contributed by atoms with Crippen molar-refractivity contribution < 1.29 is 22.7 Å². The second-order valence-electron chi connectivity index (χ2n) is 5.97. The van der Waals surface area contributed by atoms with Crippen LogP contribution in [0.3, 0.4) is 0 Å². The first kappa shape index (κ1) is 19.8. The second-order valence-corrected chi connectivity index (χ2v) is 6.83. The van der Waals surface area contributed by atoms with Crippen LogP contribution >= 0.6 is 11.3 Å². The van der Waals surface area contributed by atoms with Gasteiger partial charge in [0.2, 0.25) is 5.91 Å². The third kappa shape index (κ3) is 5.53. The van der Waals surface area contributed by atoms with Crippen LogP contribution in [0.1, 0.15) is 24.2 Å². The standard InChI is InChI=1S/C19H16F3N3O2S/c1-12(13-4-6-16(7-5-13)27-19(20,21)22)24-17(26)9-15-11-28-18(25-15)14-3-2-8-23-10-14/h2-8,10-12H,9H2,1H3,(H,24,26). The predicted octanol–water partition coefficient (Wildman–Crippen LogP) is 4.52. The van der Waals surface area contributed by atoms with Gasteiger partial charge in [-0.3, -0.25) is 9.78 Å². The zero-order valence-corrected chi connectivity index (χ0v) is 15.6. The number of nitrogens with one attached hydrogen (secondary N) is 1. The first-order valence-corrected chi connectivity index (χ1v) is 9.18. The smallest absolute Gasteiger partial charge is 0.406 e. The number of hydrogen-bond donors (Lipinski definition) is 1. The normalized spacial score (nSPS) is 12.4. The van der Waals surface area contributed by atoms with Crippen molar-refractivity contribution in [2.24, 2.45) is 0 Å². The molecule has 3 rings (SSSR count). The number of amides is 1. The number of alkyl halides is 3. The minimum Gasteiger partial charge on any atom is -0.406 e. The van der Waals surface area contributed by atoms with Gasteiger partial charge in [-0.15, -0.1) is 24.5 Å². The van der Waals surface area contributed by atoms with E-state index in [1.54, 1.807) is 19.3 Å². The number of nitrogens with zero attached hydrogens (tertiary/aromatic N) is 2. The molecule has 0 spiro atoms. The van der Waals surface area contributed by atoms with Crippen LogP contribution in [0.5, 0.6) is 5.75 Å². The molecular formula is C19H16F3N3O2S. The van der Waals surface area contributed by atoms with E-state index in [0.29, 0.717) is 11.3 Å². The van der Waals surface area contributed by atoms with Crippen molar-refractivity contribution in [3.05, 3.63) is 65.4 Å². The molecule has 0 aliphatic heterocycles. The van der Waals surface area contributed by atoms with E-state index in [4.69, 9.17) is 0 Å². The number of benzene rings is 1. The van der Waals surface area contributed by atoms with Gasteiger partial charge >= 0.3 is 6.36 Å². The maximum atomic E-state index is 12.3. The number of halogens is 3. The molecular weight excluding hydrogens is 391 g/mol. The van der Waals surface area contributed by atoms with E-state index >= 15 is 0 Å². The van der Waals surface area contributed by atoms with Gasteiger partial charge in [0, 0.05) is 23.3 Å². The van der Waals surface area contributed by atoms with Gasteiger partial charge in [-0.05, 0) is 36.8 Å². The second kappa shape index (κ2) is 8.39. The number of carbonyl (C=O) groups excluding carboxylic acids is 1. The van der Waals surface area contributed by atoms with Crippen LogP contribution < -0.4 is 10.1 Å². The molecule has 28 heavy (non-hydrogen) atoms. The molecule has 0 bridgehead atoms. The average molecular weight is 407 g/mol. The molecule has 9 heteroatoms. The molecule has 146 valence electrons. The molecule has 5 nitrogen and oxygen atoms in total. The number of pyridine rings is 1. The molecule has 2 aromatic heterocycles. The maximum absolute atomic E-state index is 12.3. The first-order chi connectivity index (χ1) is 13.3. The van der Waals surface area contributed by atoms with E-state index in [2.05, 4.69) is 20.0 Å². The Kier molecular flexibility index (Phi) is 5.93. The fourth-order valence-corrected chi connectivity index (χ4v) is 3.32. The lowest BCUT2D eigenvalue weighted by Gasteiger charge is -2.15. The Balaban J connectivity index is 1.57. The Morgan fingerprint density at radius 3 is 2.64 bits per heavy atom. The van der Waals surface area contributed by atoms with Crippen molar-refractivity contribution in [2.45, 2.75) is 25.7 Å². The quantitative estimate of drug-likeness (QED) is 0.652. The summed E-state index contributed by atoms with van der Waals surface area (Å²) in [7, 11) is 0. The van der Waals surface area contributed by atoms with Gasteiger partial charge in [-0.1, -0.05) is 12.1 Å². The van der Waals surface area contributed by atoms with E-state index in [9.17, 15) is 18.0 Å². The van der Waals surface area contributed by atoms with Crippen LogP contribution in [0.2, 0.25) is 0 Å². The Labute approximate surface area is 163 Å². The number of rotatable bonds is 6. The highest BCUT2D eigenvalue weighted by Gasteiger charge is 2.31. The molecule has 1 unspecified atom stereocenters. The van der Waals surface area contributed by atoms with Gasteiger partial charge in [0.05, 0.1) is 18.2 Å². The summed E-state index contributed by atoms with van der Waals surface area (Å²) in [6.45, 7) is 1.75. The van der Waals surface area contributed by atoms with Crippen molar-refractivity contribution in [1.29, 1.82) is 0 Å². The van der Waals surface area contributed by atoms with Crippen LogP contribution in [0, 0.1) is 0 Å². The summed E-state index contributed by atoms with van der Waals surface area (Å²) in [5, 5.41) is 5.41. The lowest BCUT2D eigenvalue weighted by atomic mass is 10.1. The molecule has 3 aromatic rings. The monoisotopic (exact) mass is 407 g/mol. The molecule has 1 amide bonds. The third-order valence-electron chi connectivity index (χ3n) is 3.79. The lowest BCUT2D eigenvalue weighted by Crippen LogP contribution is -2.28. The Hall–Kier alpha value is -2.94. The molecule has 1 aromatic carbocycles. The predicted molar refractivity (Wildman–Crippen MR) is 98.7 cm³/mol. The summed E-state index contributed by atoms with van der Waals surface area (Å²) >= 11 is 1.43. The van der Waals surface area contributed by atoms with Crippen LogP contribution in [0.15, 0.2) is 54.2 Å². The Morgan fingerprint density at radius 2 is 2.00 bits per heavy atom. The molecule has 0 saturated heterocycles. The maximum Gasteiger partial charge on any atom is 0.573 e. The SMILES string of the molecule is CC(NC(=O)Cc1csc(-c2cccnc2)n1)c1ccc(OC(F)(F)F)cc1. The minimum atomic E-state index is -4.73.